The van der Waals surface area contributed by atoms with Crippen LogP contribution in [-0.4, -0.2) is 27.0 Å². The number of nitrogen functional groups attached to an aromatic ring is 1. The number of hydrogen-bond donors (Lipinski definition) is 2. The van der Waals surface area contributed by atoms with Gasteiger partial charge in [-0.1, -0.05) is 30.3 Å². The molecule has 5 aromatic rings. The fraction of sp³-hybridized carbons (Fsp3) is 0.0345. The Morgan fingerprint density at radius 3 is 2.26 bits per heavy atom. The van der Waals surface area contributed by atoms with E-state index in [2.05, 4.69) is 9.97 Å². The summed E-state index contributed by atoms with van der Waals surface area (Å²) in [6.07, 6.45) is 1.60. The van der Waals surface area contributed by atoms with Gasteiger partial charge in [-0.15, -0.1) is 11.3 Å². The van der Waals surface area contributed by atoms with E-state index in [-0.39, 0.29) is 17.4 Å². The number of hydrogen-bond acceptors (Lipinski definition) is 7. The van der Waals surface area contributed by atoms with Crippen LogP contribution in [0.25, 0.3) is 11.3 Å². The van der Waals surface area contributed by atoms with Gasteiger partial charge in [0.15, 0.2) is 0 Å². The molecule has 3 N–H and O–H groups in total. The number of rotatable bonds is 7. The van der Waals surface area contributed by atoms with Crippen LogP contribution in [0.3, 0.4) is 0 Å². The number of carboxylic acids is 1. The monoisotopic (exact) mass is 521 g/mol. The molecule has 0 atom stereocenters. The van der Waals surface area contributed by atoms with Gasteiger partial charge >= 0.3 is 5.97 Å². The largest absolute Gasteiger partial charge is 0.478 e. The number of nitrogens with zero attached hydrogens (tertiary/aromatic N) is 4. The van der Waals surface area contributed by atoms with Crippen molar-refractivity contribution in [1.82, 2.24) is 9.97 Å². The lowest BCUT2D eigenvalue weighted by atomic mass is 10.0. The molecule has 188 valence electrons. The van der Waals surface area contributed by atoms with Crippen molar-refractivity contribution in [1.29, 1.82) is 0 Å². The predicted molar refractivity (Wildman–Crippen MR) is 150 cm³/mol. The molecule has 9 heteroatoms. The van der Waals surface area contributed by atoms with Crippen LogP contribution in [0.5, 0.6) is 0 Å². The highest BCUT2D eigenvalue weighted by molar-refractivity contribution is 7.14. The number of aromatic nitrogens is 2. The molecule has 0 aliphatic heterocycles. The summed E-state index contributed by atoms with van der Waals surface area (Å²) in [7, 11) is 0. The van der Waals surface area contributed by atoms with Crippen molar-refractivity contribution in [3.8, 4) is 11.3 Å². The van der Waals surface area contributed by atoms with Gasteiger partial charge in [-0.2, -0.15) is 0 Å². The van der Waals surface area contributed by atoms with Gasteiger partial charge in [-0.3, -0.25) is 4.79 Å². The number of carboxylic acid groups (broad SMARTS) is 1. The van der Waals surface area contributed by atoms with Crippen LogP contribution in [0, 0.1) is 6.92 Å². The van der Waals surface area contributed by atoms with Crippen molar-refractivity contribution < 1.29 is 14.7 Å². The molecule has 0 aliphatic rings. The summed E-state index contributed by atoms with van der Waals surface area (Å²) in [5, 5.41) is 15.5. The summed E-state index contributed by atoms with van der Waals surface area (Å²) in [6, 6.07) is 26.7. The van der Waals surface area contributed by atoms with E-state index in [1.54, 1.807) is 17.3 Å². The van der Waals surface area contributed by atoms with Crippen LogP contribution >= 0.6 is 11.3 Å². The van der Waals surface area contributed by atoms with E-state index in [0.29, 0.717) is 22.6 Å². The molecule has 3 aromatic carbocycles. The zero-order valence-electron chi connectivity index (χ0n) is 20.4. The van der Waals surface area contributed by atoms with Crippen LogP contribution in [0.4, 0.5) is 22.3 Å². The molecular weight excluding hydrogens is 498 g/mol. The average molecular weight is 522 g/mol. The summed E-state index contributed by atoms with van der Waals surface area (Å²) >= 11 is 1.48. The zero-order chi connectivity index (χ0) is 26.6. The van der Waals surface area contributed by atoms with E-state index in [0.717, 1.165) is 16.1 Å². The first-order chi connectivity index (χ1) is 18.4. The third-order valence-corrected chi connectivity index (χ3v) is 6.74. The van der Waals surface area contributed by atoms with Crippen molar-refractivity contribution >= 4 is 45.5 Å². The highest BCUT2D eigenvalue weighted by Gasteiger charge is 2.30. The Balaban J connectivity index is 1.75. The Morgan fingerprint density at radius 2 is 1.61 bits per heavy atom. The van der Waals surface area contributed by atoms with E-state index in [1.807, 2.05) is 78.0 Å². The number of aromatic carboxylic acids is 1. The molecule has 0 radical (unpaired) electrons. The maximum absolute atomic E-state index is 14.2. The van der Waals surface area contributed by atoms with Gasteiger partial charge in [-0.05, 0) is 78.5 Å². The average Bonchev–Trinajstić information content (AvgIpc) is 3.46. The number of nitrogens with two attached hydrogens (primary N) is 1. The van der Waals surface area contributed by atoms with E-state index in [4.69, 9.17) is 5.73 Å². The minimum Gasteiger partial charge on any atom is -0.478 e. The minimum absolute atomic E-state index is 0.102. The van der Waals surface area contributed by atoms with Gasteiger partial charge in [0, 0.05) is 17.3 Å². The first-order valence-electron chi connectivity index (χ1n) is 11.7. The lowest BCUT2D eigenvalue weighted by Gasteiger charge is -2.37. The maximum Gasteiger partial charge on any atom is 0.335 e. The molecule has 0 saturated heterocycles. The number of para-hydroxylation sites is 1. The summed E-state index contributed by atoms with van der Waals surface area (Å²) in [5.41, 5.74) is 10.1. The van der Waals surface area contributed by atoms with E-state index >= 15 is 0 Å². The molecule has 0 bridgehead atoms. The summed E-state index contributed by atoms with van der Waals surface area (Å²) in [5.74, 6) is -1.25. The number of anilines is 4. The van der Waals surface area contributed by atoms with Crippen molar-refractivity contribution in [2.75, 3.05) is 15.8 Å². The standard InChI is InChI=1S/C29H23N5O3S/c1-19-7-5-10-24(26(19)23-16-17-31-29(30)32-23)34(25-11-6-18-38-25)33(22-8-3-2-4-9-22)27(35)20-12-14-21(15-13-20)28(36)37/h2-18H,1H3,(H,36,37)(H2,30,31,32). The van der Waals surface area contributed by atoms with Crippen molar-refractivity contribution in [2.45, 2.75) is 6.92 Å². The van der Waals surface area contributed by atoms with Gasteiger partial charge in [0.2, 0.25) is 5.95 Å². The summed E-state index contributed by atoms with van der Waals surface area (Å²) in [4.78, 5) is 34.1. The first kappa shape index (κ1) is 24.7. The third kappa shape index (κ3) is 4.82. The van der Waals surface area contributed by atoms with Gasteiger partial charge < -0.3 is 10.8 Å². The molecule has 0 aliphatic carbocycles. The van der Waals surface area contributed by atoms with Gasteiger partial charge in [0.25, 0.3) is 5.91 Å². The molecule has 5 rings (SSSR count). The second kappa shape index (κ2) is 10.5. The Morgan fingerprint density at radius 1 is 0.868 bits per heavy atom. The molecule has 38 heavy (non-hydrogen) atoms. The zero-order valence-corrected chi connectivity index (χ0v) is 21.2. The summed E-state index contributed by atoms with van der Waals surface area (Å²) in [6.45, 7) is 1.98. The van der Waals surface area contributed by atoms with E-state index in [9.17, 15) is 14.7 Å². The second-order valence-corrected chi connectivity index (χ2v) is 9.29. The number of benzene rings is 3. The molecule has 0 spiro atoms. The highest BCUT2D eigenvalue weighted by Crippen LogP contribution is 2.41. The van der Waals surface area contributed by atoms with Crippen molar-refractivity contribution in [2.24, 2.45) is 0 Å². The van der Waals surface area contributed by atoms with Crippen LogP contribution in [-0.2, 0) is 0 Å². The highest BCUT2D eigenvalue weighted by atomic mass is 32.1. The molecule has 8 nitrogen and oxygen atoms in total. The smallest absolute Gasteiger partial charge is 0.335 e. The molecule has 0 fully saturated rings. The molecule has 2 heterocycles. The maximum atomic E-state index is 14.2. The Labute approximate surface area is 223 Å². The van der Waals surface area contributed by atoms with Crippen molar-refractivity contribution in [3.05, 3.63) is 119 Å². The SMILES string of the molecule is Cc1cccc(N(c2cccs2)N(C(=O)c2ccc(C(=O)O)cc2)c2ccccc2)c1-c1ccnc(N)n1. The number of carbonyl (C=O) groups excluding carboxylic acids is 1. The fourth-order valence-electron chi connectivity index (χ4n) is 4.16. The molecule has 1 amide bonds. The Hall–Kier alpha value is -5.02. The quantitative estimate of drug-likeness (QED) is 0.245. The topological polar surface area (TPSA) is 113 Å². The second-order valence-electron chi connectivity index (χ2n) is 8.37. The first-order valence-corrected chi connectivity index (χ1v) is 12.6. The molecule has 2 aromatic heterocycles. The predicted octanol–water partition coefficient (Wildman–Crippen LogP) is 6.19. The lowest BCUT2D eigenvalue weighted by Crippen LogP contribution is -2.44. The molecular formula is C29H23N5O3S. The van der Waals surface area contributed by atoms with Crippen LogP contribution < -0.4 is 15.8 Å². The molecule has 0 unspecified atom stereocenters. The third-order valence-electron chi connectivity index (χ3n) is 5.90. The van der Waals surface area contributed by atoms with E-state index in [1.165, 1.54) is 35.6 Å². The lowest BCUT2D eigenvalue weighted by molar-refractivity contribution is 0.0696. The normalized spacial score (nSPS) is 10.7. The van der Waals surface area contributed by atoms with Gasteiger partial charge in [0.1, 0.15) is 5.00 Å². The van der Waals surface area contributed by atoms with Crippen LogP contribution in [0.2, 0.25) is 0 Å². The number of aryl methyl sites for hydroxylation is 1. The van der Waals surface area contributed by atoms with Gasteiger partial charge in [0.05, 0.1) is 22.6 Å². The molecule has 0 saturated carbocycles. The Kier molecular flexibility index (Phi) is 6.84. The number of carbonyl (C=O) groups is 2. The Bertz CT molecular complexity index is 1590. The summed E-state index contributed by atoms with van der Waals surface area (Å²) < 4.78 is 0. The van der Waals surface area contributed by atoms with Crippen molar-refractivity contribution in [3.63, 3.8) is 0 Å². The number of thiophene rings is 1. The number of amides is 1. The van der Waals surface area contributed by atoms with Gasteiger partial charge in [-0.25, -0.2) is 24.8 Å². The fourth-order valence-corrected chi connectivity index (χ4v) is 4.89. The van der Waals surface area contributed by atoms with E-state index < -0.39 is 5.97 Å². The minimum atomic E-state index is -1.06. The number of hydrazine groups is 1. The van der Waals surface area contributed by atoms with Crippen LogP contribution in [0.1, 0.15) is 26.3 Å². The van der Waals surface area contributed by atoms with Crippen LogP contribution in [0.15, 0.2) is 103 Å².